The van der Waals surface area contributed by atoms with Gasteiger partial charge in [0.05, 0.1) is 6.10 Å². The minimum atomic E-state index is 0.421. The number of hydrogen-bond donors (Lipinski definition) is 1. The topological polar surface area (TPSA) is 21.3 Å². The molecule has 0 amide bonds. The monoisotopic (exact) mass is 253 g/mol. The van der Waals surface area contributed by atoms with Crippen molar-refractivity contribution < 1.29 is 4.74 Å². The van der Waals surface area contributed by atoms with Gasteiger partial charge in [-0.15, -0.1) is 0 Å². The van der Waals surface area contributed by atoms with E-state index in [1.807, 2.05) is 0 Å². The van der Waals surface area contributed by atoms with Crippen LogP contribution in [0.1, 0.15) is 59.8 Å². The second-order valence-electron chi connectivity index (χ2n) is 7.58. The highest BCUT2D eigenvalue weighted by Crippen LogP contribution is 2.50. The van der Waals surface area contributed by atoms with Crippen molar-refractivity contribution in [2.75, 3.05) is 19.7 Å². The zero-order valence-corrected chi connectivity index (χ0v) is 12.7. The maximum atomic E-state index is 6.12. The van der Waals surface area contributed by atoms with Gasteiger partial charge in [-0.1, -0.05) is 27.7 Å². The summed E-state index contributed by atoms with van der Waals surface area (Å²) in [6.07, 6.45) is 7.23. The summed E-state index contributed by atoms with van der Waals surface area (Å²) in [6, 6.07) is 0. The van der Waals surface area contributed by atoms with E-state index in [9.17, 15) is 0 Å². The lowest BCUT2D eigenvalue weighted by molar-refractivity contribution is 0.0217. The SMILES string of the molecule is CCNCC1(CCC(C)(C)C)CCOC1C1CC1. The molecule has 18 heavy (non-hydrogen) atoms. The first-order valence-corrected chi connectivity index (χ1v) is 7.79. The molecule has 1 saturated carbocycles. The molecule has 2 fully saturated rings. The first-order valence-electron chi connectivity index (χ1n) is 7.79. The fraction of sp³-hybridized carbons (Fsp3) is 1.00. The van der Waals surface area contributed by atoms with Gasteiger partial charge < -0.3 is 10.1 Å². The van der Waals surface area contributed by atoms with Crippen LogP contribution < -0.4 is 5.32 Å². The molecule has 0 aromatic heterocycles. The second kappa shape index (κ2) is 5.50. The zero-order valence-electron chi connectivity index (χ0n) is 12.7. The Morgan fingerprint density at radius 1 is 1.28 bits per heavy atom. The first kappa shape index (κ1) is 14.3. The van der Waals surface area contributed by atoms with Crippen LogP contribution in [0, 0.1) is 16.7 Å². The number of nitrogens with one attached hydrogen (secondary N) is 1. The van der Waals surface area contributed by atoms with E-state index >= 15 is 0 Å². The van der Waals surface area contributed by atoms with Gasteiger partial charge in [0.1, 0.15) is 0 Å². The summed E-state index contributed by atoms with van der Waals surface area (Å²) in [4.78, 5) is 0. The third-order valence-corrected chi connectivity index (χ3v) is 4.65. The molecule has 1 aliphatic heterocycles. The van der Waals surface area contributed by atoms with Crippen molar-refractivity contribution in [3.05, 3.63) is 0 Å². The molecule has 2 aliphatic rings. The molecule has 0 bridgehead atoms. The van der Waals surface area contributed by atoms with Gasteiger partial charge in [-0.25, -0.2) is 0 Å². The minimum Gasteiger partial charge on any atom is -0.377 e. The Morgan fingerprint density at radius 3 is 2.56 bits per heavy atom. The van der Waals surface area contributed by atoms with Crippen molar-refractivity contribution in [3.8, 4) is 0 Å². The molecule has 1 saturated heterocycles. The molecule has 106 valence electrons. The van der Waals surface area contributed by atoms with E-state index in [4.69, 9.17) is 4.74 Å². The highest BCUT2D eigenvalue weighted by molar-refractivity contribution is 5.00. The van der Waals surface area contributed by atoms with E-state index in [2.05, 4.69) is 33.0 Å². The van der Waals surface area contributed by atoms with Crippen molar-refractivity contribution in [3.63, 3.8) is 0 Å². The van der Waals surface area contributed by atoms with Crippen molar-refractivity contribution in [2.24, 2.45) is 16.7 Å². The van der Waals surface area contributed by atoms with E-state index in [-0.39, 0.29) is 0 Å². The lowest BCUT2D eigenvalue weighted by Crippen LogP contribution is -2.42. The van der Waals surface area contributed by atoms with Crippen molar-refractivity contribution >= 4 is 0 Å². The van der Waals surface area contributed by atoms with Crippen LogP contribution in [0.3, 0.4) is 0 Å². The molecule has 0 radical (unpaired) electrons. The molecule has 0 spiro atoms. The van der Waals surface area contributed by atoms with Crippen LogP contribution in [0.15, 0.2) is 0 Å². The highest BCUT2D eigenvalue weighted by atomic mass is 16.5. The van der Waals surface area contributed by atoms with Gasteiger partial charge in [0, 0.05) is 18.6 Å². The Balaban J connectivity index is 2.01. The summed E-state index contributed by atoms with van der Waals surface area (Å²) in [5.74, 6) is 0.867. The number of rotatable bonds is 6. The third-order valence-electron chi connectivity index (χ3n) is 4.65. The van der Waals surface area contributed by atoms with Gasteiger partial charge in [0.15, 0.2) is 0 Å². The molecule has 2 rings (SSSR count). The minimum absolute atomic E-state index is 0.421. The molecule has 2 nitrogen and oxygen atoms in total. The van der Waals surface area contributed by atoms with Gasteiger partial charge in [-0.05, 0) is 50.0 Å². The van der Waals surface area contributed by atoms with E-state index < -0.39 is 0 Å². The highest BCUT2D eigenvalue weighted by Gasteiger charge is 2.50. The standard InChI is InChI=1S/C16H31NO/c1-5-17-12-16(9-8-15(2,3)4)10-11-18-14(16)13-6-7-13/h13-14,17H,5-12H2,1-4H3. The van der Waals surface area contributed by atoms with Gasteiger partial charge >= 0.3 is 0 Å². The van der Waals surface area contributed by atoms with Crippen molar-refractivity contribution in [1.29, 1.82) is 0 Å². The van der Waals surface area contributed by atoms with Crippen LogP contribution in [0.2, 0.25) is 0 Å². The van der Waals surface area contributed by atoms with E-state index in [0.717, 1.165) is 25.6 Å². The summed E-state index contributed by atoms with van der Waals surface area (Å²) < 4.78 is 6.12. The van der Waals surface area contributed by atoms with Gasteiger partial charge in [-0.2, -0.15) is 0 Å². The van der Waals surface area contributed by atoms with Crippen molar-refractivity contribution in [2.45, 2.75) is 65.9 Å². The van der Waals surface area contributed by atoms with Gasteiger partial charge in [0.2, 0.25) is 0 Å². The Kier molecular flexibility index (Phi) is 4.38. The van der Waals surface area contributed by atoms with Crippen LogP contribution >= 0.6 is 0 Å². The van der Waals surface area contributed by atoms with E-state index in [1.54, 1.807) is 0 Å². The fourth-order valence-electron chi connectivity index (χ4n) is 3.29. The molecule has 1 heterocycles. The third kappa shape index (κ3) is 3.48. The fourth-order valence-corrected chi connectivity index (χ4v) is 3.29. The van der Waals surface area contributed by atoms with Crippen LogP contribution in [0.5, 0.6) is 0 Å². The lowest BCUT2D eigenvalue weighted by Gasteiger charge is -2.37. The quantitative estimate of drug-likeness (QED) is 0.781. The van der Waals surface area contributed by atoms with Crippen LogP contribution in [0.25, 0.3) is 0 Å². The summed E-state index contributed by atoms with van der Waals surface area (Å²) in [5, 5.41) is 3.60. The van der Waals surface area contributed by atoms with Crippen LogP contribution in [-0.2, 0) is 4.74 Å². The Hall–Kier alpha value is -0.0800. The van der Waals surface area contributed by atoms with E-state index in [0.29, 0.717) is 16.9 Å². The molecular weight excluding hydrogens is 222 g/mol. The number of ether oxygens (including phenoxy) is 1. The normalized spacial score (nSPS) is 33.0. The zero-order chi connectivity index (χ0) is 13.2. The largest absolute Gasteiger partial charge is 0.377 e. The smallest absolute Gasteiger partial charge is 0.0672 e. The molecule has 2 heteroatoms. The van der Waals surface area contributed by atoms with Gasteiger partial charge in [-0.3, -0.25) is 0 Å². The maximum absolute atomic E-state index is 6.12. The molecule has 1 N–H and O–H groups in total. The summed E-state index contributed by atoms with van der Waals surface area (Å²) in [5.41, 5.74) is 0.861. The second-order valence-corrected chi connectivity index (χ2v) is 7.58. The Labute approximate surface area is 113 Å². The average Bonchev–Trinajstić information content (AvgIpc) is 3.05. The Bertz CT molecular complexity index is 267. The van der Waals surface area contributed by atoms with Crippen LogP contribution in [-0.4, -0.2) is 25.8 Å². The van der Waals surface area contributed by atoms with E-state index in [1.165, 1.54) is 32.1 Å². The molecule has 2 atom stereocenters. The first-order chi connectivity index (χ1) is 8.47. The Morgan fingerprint density at radius 2 is 2.00 bits per heavy atom. The molecule has 0 aromatic carbocycles. The predicted molar refractivity (Wildman–Crippen MR) is 76.7 cm³/mol. The average molecular weight is 253 g/mol. The van der Waals surface area contributed by atoms with Crippen LogP contribution in [0.4, 0.5) is 0 Å². The maximum Gasteiger partial charge on any atom is 0.0672 e. The molecule has 1 aliphatic carbocycles. The molecule has 2 unspecified atom stereocenters. The number of hydrogen-bond acceptors (Lipinski definition) is 2. The summed E-state index contributed by atoms with van der Waals surface area (Å²) in [6.45, 7) is 12.5. The molecule has 0 aromatic rings. The van der Waals surface area contributed by atoms with Crippen molar-refractivity contribution in [1.82, 2.24) is 5.32 Å². The van der Waals surface area contributed by atoms with Gasteiger partial charge in [0.25, 0.3) is 0 Å². The molecular formula is C16H31NO. The predicted octanol–water partition coefficient (Wildman–Crippen LogP) is 3.61. The summed E-state index contributed by atoms with van der Waals surface area (Å²) in [7, 11) is 0. The lowest BCUT2D eigenvalue weighted by atomic mass is 9.72. The summed E-state index contributed by atoms with van der Waals surface area (Å²) >= 11 is 0.